The SMILES string of the molecule is Cc1ccc2nnc(C3CCN(Cc4n[nH]c5c4CCC5)CC3)n2n1. The largest absolute Gasteiger partial charge is 0.297 e. The lowest BCUT2D eigenvalue weighted by atomic mass is 9.96. The Morgan fingerprint density at radius 1 is 1.16 bits per heavy atom. The number of rotatable bonds is 3. The van der Waals surface area contributed by atoms with Crippen molar-refractivity contribution >= 4 is 5.65 Å². The molecule has 0 amide bonds. The van der Waals surface area contributed by atoms with Gasteiger partial charge >= 0.3 is 0 Å². The molecule has 0 unspecified atom stereocenters. The fourth-order valence-corrected chi connectivity index (χ4v) is 4.23. The van der Waals surface area contributed by atoms with Crippen molar-refractivity contribution in [2.45, 2.75) is 51.5 Å². The predicted octanol–water partition coefficient (Wildman–Crippen LogP) is 2.02. The zero-order valence-electron chi connectivity index (χ0n) is 14.6. The van der Waals surface area contributed by atoms with Crippen molar-refractivity contribution in [3.05, 3.63) is 40.6 Å². The summed E-state index contributed by atoms with van der Waals surface area (Å²) in [6.07, 6.45) is 5.82. The van der Waals surface area contributed by atoms with Gasteiger partial charge in [0, 0.05) is 18.2 Å². The van der Waals surface area contributed by atoms with Crippen LogP contribution in [-0.4, -0.2) is 48.0 Å². The fourth-order valence-electron chi connectivity index (χ4n) is 4.23. The molecular weight excluding hydrogens is 314 g/mol. The number of H-pyrrole nitrogens is 1. The summed E-state index contributed by atoms with van der Waals surface area (Å²) < 4.78 is 1.93. The molecule has 130 valence electrons. The van der Waals surface area contributed by atoms with E-state index in [1.807, 2.05) is 23.6 Å². The molecule has 1 saturated heterocycles. The molecule has 0 atom stereocenters. The molecule has 7 nitrogen and oxygen atoms in total. The van der Waals surface area contributed by atoms with Crippen LogP contribution in [0.25, 0.3) is 5.65 Å². The van der Waals surface area contributed by atoms with E-state index in [2.05, 4.69) is 30.4 Å². The van der Waals surface area contributed by atoms with Gasteiger partial charge in [-0.25, -0.2) is 0 Å². The van der Waals surface area contributed by atoms with Gasteiger partial charge in [-0.3, -0.25) is 10.00 Å². The van der Waals surface area contributed by atoms with Crippen LogP contribution in [0.15, 0.2) is 12.1 Å². The highest BCUT2D eigenvalue weighted by Crippen LogP contribution is 2.29. The zero-order chi connectivity index (χ0) is 16.8. The summed E-state index contributed by atoms with van der Waals surface area (Å²) in [5, 5.41) is 21.1. The van der Waals surface area contributed by atoms with E-state index in [9.17, 15) is 0 Å². The van der Waals surface area contributed by atoms with E-state index in [0.717, 1.165) is 56.1 Å². The molecule has 0 spiro atoms. The number of aryl methyl sites for hydroxylation is 2. The number of aromatic amines is 1. The van der Waals surface area contributed by atoms with Crippen LogP contribution < -0.4 is 0 Å². The lowest BCUT2D eigenvalue weighted by molar-refractivity contribution is 0.198. The summed E-state index contributed by atoms with van der Waals surface area (Å²) in [6.45, 7) is 5.13. The number of piperidine rings is 1. The van der Waals surface area contributed by atoms with Crippen molar-refractivity contribution in [1.82, 2.24) is 34.9 Å². The second kappa shape index (κ2) is 5.91. The van der Waals surface area contributed by atoms with Crippen molar-refractivity contribution in [3.8, 4) is 0 Å². The van der Waals surface area contributed by atoms with Crippen LogP contribution in [0.4, 0.5) is 0 Å². The molecule has 3 aromatic rings. The third-order valence-corrected chi connectivity index (χ3v) is 5.64. The first-order valence-electron chi connectivity index (χ1n) is 9.24. The summed E-state index contributed by atoms with van der Waals surface area (Å²) in [5.41, 5.74) is 5.94. The molecule has 0 aromatic carbocycles. The molecule has 5 rings (SSSR count). The lowest BCUT2D eigenvalue weighted by Gasteiger charge is -2.30. The second-order valence-corrected chi connectivity index (χ2v) is 7.33. The number of nitrogens with zero attached hydrogens (tertiary/aromatic N) is 6. The molecule has 7 heteroatoms. The van der Waals surface area contributed by atoms with Gasteiger partial charge in [0.25, 0.3) is 0 Å². The van der Waals surface area contributed by atoms with Crippen LogP contribution in [0.3, 0.4) is 0 Å². The van der Waals surface area contributed by atoms with Gasteiger partial charge in [-0.2, -0.15) is 14.7 Å². The molecular formula is C18H23N7. The first-order valence-corrected chi connectivity index (χ1v) is 9.24. The predicted molar refractivity (Wildman–Crippen MR) is 93.4 cm³/mol. The minimum absolute atomic E-state index is 0.436. The van der Waals surface area contributed by atoms with E-state index >= 15 is 0 Å². The molecule has 25 heavy (non-hydrogen) atoms. The Bertz CT molecular complexity index is 901. The highest BCUT2D eigenvalue weighted by molar-refractivity contribution is 5.36. The van der Waals surface area contributed by atoms with Crippen LogP contribution in [-0.2, 0) is 19.4 Å². The Morgan fingerprint density at radius 2 is 2.04 bits per heavy atom. The number of hydrogen-bond acceptors (Lipinski definition) is 5. The monoisotopic (exact) mass is 337 g/mol. The van der Waals surface area contributed by atoms with Crippen LogP contribution in [0.5, 0.6) is 0 Å². The third kappa shape index (κ3) is 2.63. The number of hydrogen-bond donors (Lipinski definition) is 1. The minimum Gasteiger partial charge on any atom is -0.297 e. The maximum absolute atomic E-state index is 4.59. The third-order valence-electron chi connectivity index (χ3n) is 5.64. The number of nitrogens with one attached hydrogen (secondary N) is 1. The minimum atomic E-state index is 0.436. The second-order valence-electron chi connectivity index (χ2n) is 7.33. The molecule has 4 heterocycles. The highest BCUT2D eigenvalue weighted by atomic mass is 15.4. The molecule has 1 aliphatic carbocycles. The van der Waals surface area contributed by atoms with Gasteiger partial charge in [0.2, 0.25) is 0 Å². The van der Waals surface area contributed by atoms with Crippen LogP contribution in [0.1, 0.15) is 53.7 Å². The smallest absolute Gasteiger partial charge is 0.177 e. The molecule has 0 saturated carbocycles. The Morgan fingerprint density at radius 3 is 2.92 bits per heavy atom. The fraction of sp³-hybridized carbons (Fsp3) is 0.556. The standard InChI is InChI=1S/C18H23N7/c1-12-5-6-17-21-22-18(25(17)23-12)13-7-9-24(10-8-13)11-16-14-3-2-4-15(14)19-20-16/h5-6,13H,2-4,7-11H2,1H3,(H,19,20). The molecule has 3 aromatic heterocycles. The maximum Gasteiger partial charge on any atom is 0.177 e. The molecule has 1 fully saturated rings. The van der Waals surface area contributed by atoms with E-state index in [1.165, 1.54) is 29.8 Å². The van der Waals surface area contributed by atoms with E-state index in [0.29, 0.717) is 5.92 Å². The quantitative estimate of drug-likeness (QED) is 0.791. The summed E-state index contributed by atoms with van der Waals surface area (Å²) in [5.74, 6) is 1.45. The van der Waals surface area contributed by atoms with E-state index < -0.39 is 0 Å². The van der Waals surface area contributed by atoms with Gasteiger partial charge < -0.3 is 0 Å². The van der Waals surface area contributed by atoms with Gasteiger partial charge in [-0.1, -0.05) is 0 Å². The van der Waals surface area contributed by atoms with Crippen molar-refractivity contribution < 1.29 is 0 Å². The van der Waals surface area contributed by atoms with Gasteiger partial charge in [0.1, 0.15) is 0 Å². The Labute approximate surface area is 146 Å². The van der Waals surface area contributed by atoms with Crippen molar-refractivity contribution in [2.24, 2.45) is 0 Å². The number of fused-ring (bicyclic) bond motifs is 2. The summed E-state index contributed by atoms with van der Waals surface area (Å²) in [4.78, 5) is 2.52. The summed E-state index contributed by atoms with van der Waals surface area (Å²) >= 11 is 0. The zero-order valence-corrected chi connectivity index (χ0v) is 14.6. The summed E-state index contributed by atoms with van der Waals surface area (Å²) in [7, 11) is 0. The van der Waals surface area contributed by atoms with Crippen molar-refractivity contribution in [2.75, 3.05) is 13.1 Å². The number of aromatic nitrogens is 6. The van der Waals surface area contributed by atoms with Crippen molar-refractivity contribution in [3.63, 3.8) is 0 Å². The van der Waals surface area contributed by atoms with Crippen molar-refractivity contribution in [1.29, 1.82) is 0 Å². The average molecular weight is 337 g/mol. The average Bonchev–Trinajstić information content (AvgIpc) is 3.32. The Kier molecular flexibility index (Phi) is 3.55. The molecule has 0 radical (unpaired) electrons. The summed E-state index contributed by atoms with van der Waals surface area (Å²) in [6, 6.07) is 3.98. The lowest BCUT2D eigenvalue weighted by Crippen LogP contribution is -2.33. The van der Waals surface area contributed by atoms with Gasteiger partial charge in [0.15, 0.2) is 11.5 Å². The molecule has 1 N–H and O–H groups in total. The van der Waals surface area contributed by atoms with Crippen LogP contribution in [0.2, 0.25) is 0 Å². The molecule has 1 aliphatic heterocycles. The molecule has 0 bridgehead atoms. The van der Waals surface area contributed by atoms with Crippen LogP contribution >= 0.6 is 0 Å². The van der Waals surface area contributed by atoms with E-state index in [4.69, 9.17) is 0 Å². The van der Waals surface area contributed by atoms with Gasteiger partial charge in [-0.05, 0) is 69.8 Å². The van der Waals surface area contributed by atoms with E-state index in [1.54, 1.807) is 0 Å². The van der Waals surface area contributed by atoms with Gasteiger partial charge in [0.05, 0.1) is 11.4 Å². The van der Waals surface area contributed by atoms with Crippen LogP contribution in [0, 0.1) is 6.92 Å². The Balaban J connectivity index is 1.28. The van der Waals surface area contributed by atoms with Gasteiger partial charge in [-0.15, -0.1) is 10.2 Å². The maximum atomic E-state index is 4.59. The Hall–Kier alpha value is -2.28. The first kappa shape index (κ1) is 15.0. The molecule has 2 aliphatic rings. The number of likely N-dealkylation sites (tertiary alicyclic amines) is 1. The topological polar surface area (TPSA) is 75.0 Å². The normalized spacial score (nSPS) is 18.9. The highest BCUT2D eigenvalue weighted by Gasteiger charge is 2.27. The van der Waals surface area contributed by atoms with E-state index in [-0.39, 0.29) is 0 Å². The first-order chi connectivity index (χ1) is 12.3.